The highest BCUT2D eigenvalue weighted by molar-refractivity contribution is 7.09. The predicted molar refractivity (Wildman–Crippen MR) is 105 cm³/mol. The van der Waals surface area contributed by atoms with Crippen LogP contribution < -0.4 is 0 Å². The van der Waals surface area contributed by atoms with Gasteiger partial charge in [0.2, 0.25) is 0 Å². The molecule has 2 aromatic heterocycles. The number of aromatic amines is 1. The average molecular weight is 369 g/mol. The molecular weight excluding hydrogens is 346 g/mol. The summed E-state index contributed by atoms with van der Waals surface area (Å²) in [4.78, 5) is 21.4. The van der Waals surface area contributed by atoms with Gasteiger partial charge in [-0.1, -0.05) is 24.3 Å². The van der Waals surface area contributed by atoms with Gasteiger partial charge in [0.15, 0.2) is 0 Å². The summed E-state index contributed by atoms with van der Waals surface area (Å²) in [5.41, 5.74) is 2.85. The number of aromatic nitrogens is 1. The molecular formula is C20H23N3O2S. The third-order valence-electron chi connectivity index (χ3n) is 5.18. The molecule has 1 atom stereocenters. The molecule has 1 aromatic carbocycles. The van der Waals surface area contributed by atoms with Crippen LogP contribution >= 0.6 is 11.3 Å². The number of para-hydroxylation sites is 1. The van der Waals surface area contributed by atoms with E-state index in [2.05, 4.69) is 32.3 Å². The Kier molecular flexibility index (Phi) is 4.80. The van der Waals surface area contributed by atoms with Crippen LogP contribution in [0.3, 0.4) is 0 Å². The maximum Gasteiger partial charge on any atom is 0.325 e. The molecule has 1 saturated heterocycles. The Morgan fingerprint density at radius 2 is 1.96 bits per heavy atom. The largest absolute Gasteiger partial charge is 0.480 e. The molecule has 0 amide bonds. The van der Waals surface area contributed by atoms with Crippen molar-refractivity contribution >= 4 is 28.2 Å². The molecule has 3 aromatic rings. The molecule has 6 heteroatoms. The first-order valence-electron chi connectivity index (χ1n) is 8.92. The molecule has 26 heavy (non-hydrogen) atoms. The molecule has 0 spiro atoms. The van der Waals surface area contributed by atoms with Gasteiger partial charge in [0, 0.05) is 59.8 Å². The van der Waals surface area contributed by atoms with Gasteiger partial charge >= 0.3 is 5.97 Å². The van der Waals surface area contributed by atoms with E-state index < -0.39 is 12.0 Å². The fourth-order valence-electron chi connectivity index (χ4n) is 3.92. The van der Waals surface area contributed by atoms with Gasteiger partial charge in [-0.15, -0.1) is 11.3 Å². The molecule has 0 bridgehead atoms. The highest BCUT2D eigenvalue weighted by Gasteiger charge is 2.33. The zero-order valence-electron chi connectivity index (χ0n) is 14.8. The SMILES string of the molecule is Cc1[nH]c2ccccc2c1C(C(=O)O)N1CCN(Cc2cccs2)CC1. The van der Waals surface area contributed by atoms with Gasteiger partial charge in [0.25, 0.3) is 0 Å². The minimum absolute atomic E-state index is 0.602. The summed E-state index contributed by atoms with van der Waals surface area (Å²) in [6, 6.07) is 11.6. The predicted octanol–water partition coefficient (Wildman–Crippen LogP) is 3.48. The highest BCUT2D eigenvalue weighted by Crippen LogP contribution is 2.32. The van der Waals surface area contributed by atoms with E-state index in [-0.39, 0.29) is 0 Å². The van der Waals surface area contributed by atoms with Gasteiger partial charge in [-0.25, -0.2) is 0 Å². The summed E-state index contributed by atoms with van der Waals surface area (Å²) >= 11 is 1.78. The molecule has 3 heterocycles. The lowest BCUT2D eigenvalue weighted by molar-refractivity contribution is -0.144. The topological polar surface area (TPSA) is 59.6 Å². The quantitative estimate of drug-likeness (QED) is 0.723. The van der Waals surface area contributed by atoms with E-state index in [1.807, 2.05) is 31.2 Å². The number of piperazine rings is 1. The van der Waals surface area contributed by atoms with Crippen LogP contribution in [0, 0.1) is 6.92 Å². The lowest BCUT2D eigenvalue weighted by Crippen LogP contribution is -2.48. The van der Waals surface area contributed by atoms with Gasteiger partial charge in [-0.3, -0.25) is 14.6 Å². The number of thiophene rings is 1. The molecule has 1 unspecified atom stereocenters. The summed E-state index contributed by atoms with van der Waals surface area (Å²) in [6.07, 6.45) is 0. The lowest BCUT2D eigenvalue weighted by Gasteiger charge is -2.37. The molecule has 1 aliphatic rings. The molecule has 1 fully saturated rings. The third kappa shape index (κ3) is 3.28. The van der Waals surface area contributed by atoms with Crippen molar-refractivity contribution in [3.05, 3.63) is 57.9 Å². The summed E-state index contributed by atoms with van der Waals surface area (Å²) in [5, 5.41) is 13.1. The van der Waals surface area contributed by atoms with Crippen LogP contribution in [-0.4, -0.2) is 52.0 Å². The van der Waals surface area contributed by atoms with E-state index in [0.29, 0.717) is 0 Å². The first-order chi connectivity index (χ1) is 12.6. The smallest absolute Gasteiger partial charge is 0.325 e. The van der Waals surface area contributed by atoms with Gasteiger partial charge in [0.05, 0.1) is 0 Å². The van der Waals surface area contributed by atoms with E-state index in [9.17, 15) is 9.90 Å². The van der Waals surface area contributed by atoms with Crippen molar-refractivity contribution in [1.82, 2.24) is 14.8 Å². The first-order valence-corrected chi connectivity index (χ1v) is 9.80. The van der Waals surface area contributed by atoms with Crippen molar-refractivity contribution in [2.75, 3.05) is 26.2 Å². The lowest BCUT2D eigenvalue weighted by atomic mass is 10.0. The highest BCUT2D eigenvalue weighted by atomic mass is 32.1. The average Bonchev–Trinajstić information content (AvgIpc) is 3.24. The third-order valence-corrected chi connectivity index (χ3v) is 6.04. The molecule has 2 N–H and O–H groups in total. The number of aryl methyl sites for hydroxylation is 1. The van der Waals surface area contributed by atoms with Crippen LogP contribution in [-0.2, 0) is 11.3 Å². The second kappa shape index (κ2) is 7.23. The fraction of sp³-hybridized carbons (Fsp3) is 0.350. The maximum absolute atomic E-state index is 12.2. The molecule has 0 saturated carbocycles. The number of aliphatic carboxylic acids is 1. The molecule has 1 aliphatic heterocycles. The van der Waals surface area contributed by atoms with E-state index in [1.54, 1.807) is 11.3 Å². The molecule has 5 nitrogen and oxygen atoms in total. The Balaban J connectivity index is 1.54. The number of hydrogen-bond donors (Lipinski definition) is 2. The summed E-state index contributed by atoms with van der Waals surface area (Å²) < 4.78 is 0. The second-order valence-corrected chi connectivity index (χ2v) is 7.87. The van der Waals surface area contributed by atoms with Crippen LogP contribution in [0.1, 0.15) is 22.2 Å². The summed E-state index contributed by atoms with van der Waals surface area (Å²) in [7, 11) is 0. The number of hydrogen-bond acceptors (Lipinski definition) is 4. The van der Waals surface area contributed by atoms with Crippen molar-refractivity contribution in [3.63, 3.8) is 0 Å². The van der Waals surface area contributed by atoms with Gasteiger partial charge in [0.1, 0.15) is 6.04 Å². The van der Waals surface area contributed by atoms with E-state index in [1.165, 1.54) is 4.88 Å². The fourth-order valence-corrected chi connectivity index (χ4v) is 4.66. The standard InChI is InChI=1S/C20H23N3O2S/c1-14-18(16-6-2-3-7-17(16)21-14)19(20(24)25)23-10-8-22(9-11-23)13-15-5-4-12-26-15/h2-7,12,19,21H,8-11,13H2,1H3,(H,24,25). The minimum Gasteiger partial charge on any atom is -0.480 e. The number of carboxylic acids is 1. The molecule has 0 radical (unpaired) electrons. The molecule has 136 valence electrons. The van der Waals surface area contributed by atoms with Crippen molar-refractivity contribution in [2.45, 2.75) is 19.5 Å². The summed E-state index contributed by atoms with van der Waals surface area (Å²) in [5.74, 6) is -0.774. The Hall–Kier alpha value is -2.15. The van der Waals surface area contributed by atoms with E-state index >= 15 is 0 Å². The van der Waals surface area contributed by atoms with Crippen molar-refractivity contribution in [2.24, 2.45) is 0 Å². The number of fused-ring (bicyclic) bond motifs is 1. The van der Waals surface area contributed by atoms with E-state index in [0.717, 1.165) is 54.9 Å². The number of nitrogens with one attached hydrogen (secondary N) is 1. The molecule has 0 aliphatic carbocycles. The van der Waals surface area contributed by atoms with Crippen molar-refractivity contribution in [3.8, 4) is 0 Å². The number of carbonyl (C=O) groups is 1. The normalized spacial score (nSPS) is 17.6. The van der Waals surface area contributed by atoms with Crippen molar-refractivity contribution < 1.29 is 9.90 Å². The van der Waals surface area contributed by atoms with Gasteiger partial charge in [-0.05, 0) is 24.4 Å². The molecule has 4 rings (SSSR count). The number of benzene rings is 1. The van der Waals surface area contributed by atoms with Crippen LogP contribution in [0.2, 0.25) is 0 Å². The zero-order chi connectivity index (χ0) is 18.1. The first kappa shape index (κ1) is 17.3. The van der Waals surface area contributed by atoms with Crippen LogP contribution in [0.25, 0.3) is 10.9 Å². The second-order valence-electron chi connectivity index (χ2n) is 6.84. The van der Waals surface area contributed by atoms with Gasteiger partial charge < -0.3 is 10.1 Å². The zero-order valence-corrected chi connectivity index (χ0v) is 15.6. The monoisotopic (exact) mass is 369 g/mol. The van der Waals surface area contributed by atoms with E-state index in [4.69, 9.17) is 0 Å². The van der Waals surface area contributed by atoms with Crippen LogP contribution in [0.4, 0.5) is 0 Å². The Morgan fingerprint density at radius 3 is 2.65 bits per heavy atom. The Labute approximate surface area is 156 Å². The Morgan fingerprint density at radius 1 is 1.19 bits per heavy atom. The minimum atomic E-state index is -0.774. The number of carboxylic acid groups (broad SMARTS) is 1. The number of nitrogens with zero attached hydrogens (tertiary/aromatic N) is 2. The summed E-state index contributed by atoms with van der Waals surface area (Å²) in [6.45, 7) is 6.24. The van der Waals surface area contributed by atoms with Gasteiger partial charge in [-0.2, -0.15) is 0 Å². The van der Waals surface area contributed by atoms with Crippen LogP contribution in [0.15, 0.2) is 41.8 Å². The maximum atomic E-state index is 12.2. The number of rotatable bonds is 5. The number of H-pyrrole nitrogens is 1. The van der Waals surface area contributed by atoms with Crippen molar-refractivity contribution in [1.29, 1.82) is 0 Å². The Bertz CT molecular complexity index is 895. The van der Waals surface area contributed by atoms with Crippen LogP contribution in [0.5, 0.6) is 0 Å².